The first-order chi connectivity index (χ1) is 7.67. The van der Waals surface area contributed by atoms with Crippen molar-refractivity contribution in [1.82, 2.24) is 0 Å². The maximum atomic E-state index is 9.57. The highest BCUT2D eigenvalue weighted by Crippen LogP contribution is 2.14. The fourth-order valence-corrected chi connectivity index (χ4v) is 1.57. The van der Waals surface area contributed by atoms with Gasteiger partial charge in [0.2, 0.25) is 0 Å². The van der Waals surface area contributed by atoms with Crippen LogP contribution in [0.4, 0.5) is 5.69 Å². The molecule has 0 bridgehead atoms. The van der Waals surface area contributed by atoms with Crippen LogP contribution in [0.1, 0.15) is 30.9 Å². The number of benzene rings is 1. The second-order valence-electron chi connectivity index (χ2n) is 3.96. The summed E-state index contributed by atoms with van der Waals surface area (Å²) in [7, 11) is 0. The molecule has 1 unspecified atom stereocenters. The van der Waals surface area contributed by atoms with E-state index in [1.54, 1.807) is 6.07 Å². The van der Waals surface area contributed by atoms with Gasteiger partial charge in [0, 0.05) is 12.2 Å². The standard InChI is InChI=1S/C13H18N2O/c1-3-4-13(16)9-15-12-6-5-11(8-14)10(2)7-12/h5-7,13,15-16H,3-4,9H2,1-2H3. The molecular weight excluding hydrogens is 200 g/mol. The zero-order valence-corrected chi connectivity index (χ0v) is 9.83. The molecule has 0 heterocycles. The number of nitrogens with one attached hydrogen (secondary N) is 1. The lowest BCUT2D eigenvalue weighted by Crippen LogP contribution is -2.18. The molecule has 0 aliphatic carbocycles. The first-order valence-corrected chi connectivity index (χ1v) is 5.60. The molecular formula is C13H18N2O. The van der Waals surface area contributed by atoms with E-state index in [2.05, 4.69) is 18.3 Å². The maximum Gasteiger partial charge on any atom is 0.0994 e. The molecule has 0 amide bonds. The van der Waals surface area contributed by atoms with E-state index in [0.717, 1.165) is 24.1 Å². The summed E-state index contributed by atoms with van der Waals surface area (Å²) in [5.74, 6) is 0. The van der Waals surface area contributed by atoms with Crippen molar-refractivity contribution < 1.29 is 5.11 Å². The van der Waals surface area contributed by atoms with Crippen LogP contribution in [0.2, 0.25) is 0 Å². The van der Waals surface area contributed by atoms with E-state index in [1.807, 2.05) is 19.1 Å². The molecule has 0 aromatic heterocycles. The normalized spacial score (nSPS) is 11.9. The largest absolute Gasteiger partial charge is 0.391 e. The van der Waals surface area contributed by atoms with E-state index in [9.17, 15) is 5.11 Å². The molecule has 0 aliphatic heterocycles. The van der Waals surface area contributed by atoms with Crippen LogP contribution in [-0.4, -0.2) is 17.8 Å². The van der Waals surface area contributed by atoms with Gasteiger partial charge in [0.15, 0.2) is 0 Å². The van der Waals surface area contributed by atoms with Gasteiger partial charge >= 0.3 is 0 Å². The Balaban J connectivity index is 2.56. The van der Waals surface area contributed by atoms with Crippen molar-refractivity contribution in [2.45, 2.75) is 32.8 Å². The molecule has 0 fully saturated rings. The Morgan fingerprint density at radius 3 is 2.81 bits per heavy atom. The molecule has 0 aliphatic rings. The van der Waals surface area contributed by atoms with Gasteiger partial charge in [-0.25, -0.2) is 0 Å². The molecule has 86 valence electrons. The SMILES string of the molecule is CCCC(O)CNc1ccc(C#N)c(C)c1. The van der Waals surface area contributed by atoms with Crippen molar-refractivity contribution in [3.05, 3.63) is 29.3 Å². The molecule has 16 heavy (non-hydrogen) atoms. The fraction of sp³-hybridized carbons (Fsp3) is 0.462. The summed E-state index contributed by atoms with van der Waals surface area (Å²) in [4.78, 5) is 0. The highest BCUT2D eigenvalue weighted by Gasteiger charge is 2.03. The van der Waals surface area contributed by atoms with Crippen LogP contribution in [-0.2, 0) is 0 Å². The lowest BCUT2D eigenvalue weighted by molar-refractivity contribution is 0.176. The molecule has 2 N–H and O–H groups in total. The van der Waals surface area contributed by atoms with Crippen molar-refractivity contribution in [2.75, 3.05) is 11.9 Å². The van der Waals surface area contributed by atoms with Crippen LogP contribution in [0.5, 0.6) is 0 Å². The summed E-state index contributed by atoms with van der Waals surface area (Å²) >= 11 is 0. The van der Waals surface area contributed by atoms with E-state index in [0.29, 0.717) is 12.1 Å². The van der Waals surface area contributed by atoms with Crippen LogP contribution in [0.3, 0.4) is 0 Å². The number of hydrogen-bond donors (Lipinski definition) is 2. The predicted octanol–water partition coefficient (Wildman–Crippen LogP) is 2.44. The second-order valence-corrected chi connectivity index (χ2v) is 3.96. The molecule has 0 radical (unpaired) electrons. The first-order valence-electron chi connectivity index (χ1n) is 5.60. The summed E-state index contributed by atoms with van der Waals surface area (Å²) in [6.45, 7) is 4.51. The third kappa shape index (κ3) is 3.56. The summed E-state index contributed by atoms with van der Waals surface area (Å²) in [5, 5.41) is 21.5. The van der Waals surface area contributed by atoms with Crippen molar-refractivity contribution >= 4 is 5.69 Å². The van der Waals surface area contributed by atoms with Gasteiger partial charge in [-0.1, -0.05) is 13.3 Å². The molecule has 1 atom stereocenters. The number of anilines is 1. The zero-order chi connectivity index (χ0) is 12.0. The summed E-state index contributed by atoms with van der Waals surface area (Å²) < 4.78 is 0. The van der Waals surface area contributed by atoms with Crippen molar-refractivity contribution in [2.24, 2.45) is 0 Å². The summed E-state index contributed by atoms with van der Waals surface area (Å²) in [5.41, 5.74) is 2.60. The average molecular weight is 218 g/mol. The topological polar surface area (TPSA) is 56.0 Å². The number of nitriles is 1. The van der Waals surface area contributed by atoms with Crippen molar-refractivity contribution in [3.63, 3.8) is 0 Å². The second kappa shape index (κ2) is 6.14. The number of nitrogens with zero attached hydrogens (tertiary/aromatic N) is 1. The van der Waals surface area contributed by atoms with Gasteiger partial charge in [0.05, 0.1) is 17.7 Å². The Kier molecular flexibility index (Phi) is 4.81. The number of rotatable bonds is 5. The fourth-order valence-electron chi connectivity index (χ4n) is 1.57. The van der Waals surface area contributed by atoms with Crippen molar-refractivity contribution in [1.29, 1.82) is 5.26 Å². The molecule has 3 nitrogen and oxygen atoms in total. The van der Waals surface area contributed by atoms with E-state index in [-0.39, 0.29) is 6.10 Å². The van der Waals surface area contributed by atoms with Gasteiger partial charge < -0.3 is 10.4 Å². The van der Waals surface area contributed by atoms with Crippen LogP contribution in [0.25, 0.3) is 0 Å². The van der Waals surface area contributed by atoms with Gasteiger partial charge in [-0.2, -0.15) is 5.26 Å². The molecule has 0 spiro atoms. The molecule has 0 saturated carbocycles. The highest BCUT2D eigenvalue weighted by molar-refractivity contribution is 5.51. The Morgan fingerprint density at radius 1 is 1.50 bits per heavy atom. The van der Waals surface area contributed by atoms with Gasteiger partial charge in [-0.3, -0.25) is 0 Å². The average Bonchev–Trinajstić information content (AvgIpc) is 2.27. The molecule has 3 heteroatoms. The van der Waals surface area contributed by atoms with E-state index < -0.39 is 0 Å². The summed E-state index contributed by atoms with van der Waals surface area (Å²) in [6, 6.07) is 7.72. The quantitative estimate of drug-likeness (QED) is 0.798. The molecule has 1 aromatic carbocycles. The van der Waals surface area contributed by atoms with Gasteiger partial charge in [0.25, 0.3) is 0 Å². The number of aliphatic hydroxyl groups excluding tert-OH is 1. The van der Waals surface area contributed by atoms with Crippen LogP contribution >= 0.6 is 0 Å². The van der Waals surface area contributed by atoms with Crippen LogP contribution in [0.15, 0.2) is 18.2 Å². The van der Waals surface area contributed by atoms with Gasteiger partial charge in [0.1, 0.15) is 0 Å². The van der Waals surface area contributed by atoms with Crippen molar-refractivity contribution in [3.8, 4) is 6.07 Å². The molecule has 0 saturated heterocycles. The van der Waals surface area contributed by atoms with Gasteiger partial charge in [-0.15, -0.1) is 0 Å². The number of hydrogen-bond acceptors (Lipinski definition) is 3. The summed E-state index contributed by atoms with van der Waals surface area (Å²) in [6.07, 6.45) is 1.48. The van der Waals surface area contributed by atoms with E-state index >= 15 is 0 Å². The Bertz CT molecular complexity index is 382. The minimum atomic E-state index is -0.305. The third-order valence-corrected chi connectivity index (χ3v) is 2.51. The predicted molar refractivity (Wildman–Crippen MR) is 65.3 cm³/mol. The minimum absolute atomic E-state index is 0.305. The zero-order valence-electron chi connectivity index (χ0n) is 9.83. The highest BCUT2D eigenvalue weighted by atomic mass is 16.3. The Morgan fingerprint density at radius 2 is 2.25 bits per heavy atom. The lowest BCUT2D eigenvalue weighted by Gasteiger charge is -2.12. The third-order valence-electron chi connectivity index (χ3n) is 2.51. The lowest BCUT2D eigenvalue weighted by atomic mass is 10.1. The first kappa shape index (κ1) is 12.5. The van der Waals surface area contributed by atoms with E-state index in [4.69, 9.17) is 5.26 Å². The Labute approximate surface area is 96.7 Å². The maximum absolute atomic E-state index is 9.57. The monoisotopic (exact) mass is 218 g/mol. The molecule has 1 aromatic rings. The number of aryl methyl sites for hydroxylation is 1. The number of aliphatic hydroxyl groups is 1. The van der Waals surface area contributed by atoms with E-state index in [1.165, 1.54) is 0 Å². The smallest absolute Gasteiger partial charge is 0.0994 e. The Hall–Kier alpha value is -1.53. The minimum Gasteiger partial charge on any atom is -0.391 e. The van der Waals surface area contributed by atoms with Crippen LogP contribution in [0, 0.1) is 18.3 Å². The van der Waals surface area contributed by atoms with Gasteiger partial charge in [-0.05, 0) is 37.1 Å². The molecule has 1 rings (SSSR count). The van der Waals surface area contributed by atoms with Crippen LogP contribution < -0.4 is 5.32 Å².